The van der Waals surface area contributed by atoms with E-state index in [0.717, 1.165) is 5.75 Å². The van der Waals surface area contributed by atoms with Crippen molar-refractivity contribution in [1.82, 2.24) is 9.80 Å². The summed E-state index contributed by atoms with van der Waals surface area (Å²) in [6.45, 7) is 4.29. The summed E-state index contributed by atoms with van der Waals surface area (Å²) in [5.74, 6) is -0.488. The van der Waals surface area contributed by atoms with Crippen molar-refractivity contribution in [3.63, 3.8) is 0 Å². The summed E-state index contributed by atoms with van der Waals surface area (Å²) in [5, 5.41) is 8.74. The highest BCUT2D eigenvalue weighted by molar-refractivity contribution is 8.13. The molecule has 0 spiro atoms. The fourth-order valence-corrected chi connectivity index (χ4v) is 2.56. The van der Waals surface area contributed by atoms with Gasteiger partial charge in [0.05, 0.1) is 0 Å². The van der Waals surface area contributed by atoms with E-state index in [-0.39, 0.29) is 30.2 Å². The quantitative estimate of drug-likeness (QED) is 0.777. The molecule has 1 aliphatic rings. The maximum absolute atomic E-state index is 11.9. The molecule has 0 atom stereocenters. The lowest BCUT2D eigenvalue weighted by Crippen LogP contribution is -2.42. The maximum Gasteiger partial charge on any atom is 0.323 e. The van der Waals surface area contributed by atoms with Gasteiger partial charge >= 0.3 is 5.97 Å². The van der Waals surface area contributed by atoms with Crippen LogP contribution in [-0.2, 0) is 9.59 Å². The number of rotatable bonds is 6. The zero-order chi connectivity index (χ0) is 13.7. The molecule has 0 unspecified atom stereocenters. The highest BCUT2D eigenvalue weighted by Crippen LogP contribution is 2.17. The number of hydrogen-bond donors (Lipinski definition) is 1. The minimum Gasteiger partial charge on any atom is -0.480 e. The first-order valence-electron chi connectivity index (χ1n) is 5.84. The van der Waals surface area contributed by atoms with Crippen LogP contribution in [0.2, 0.25) is 0 Å². The van der Waals surface area contributed by atoms with Crippen LogP contribution < -0.4 is 0 Å². The normalized spacial score (nSPS) is 15.3. The Kier molecular flexibility index (Phi) is 5.46. The molecule has 1 aliphatic heterocycles. The lowest BCUT2D eigenvalue weighted by Gasteiger charge is -2.25. The van der Waals surface area contributed by atoms with E-state index in [1.165, 1.54) is 16.7 Å². The van der Waals surface area contributed by atoms with Gasteiger partial charge in [0.15, 0.2) is 0 Å². The summed E-state index contributed by atoms with van der Waals surface area (Å²) in [6, 6.07) is -0.155. The van der Waals surface area contributed by atoms with Crippen molar-refractivity contribution >= 4 is 28.9 Å². The molecule has 0 aromatic rings. The summed E-state index contributed by atoms with van der Waals surface area (Å²) < 4.78 is 0. The molecule has 1 heterocycles. The number of nitrogens with zero attached hydrogens (tertiary/aromatic N) is 2. The van der Waals surface area contributed by atoms with E-state index in [1.54, 1.807) is 18.7 Å². The summed E-state index contributed by atoms with van der Waals surface area (Å²) in [5.41, 5.74) is 0. The number of carbonyl (C=O) groups excluding carboxylic acids is 2. The number of carbonyl (C=O) groups is 3. The first-order valence-corrected chi connectivity index (χ1v) is 6.83. The van der Waals surface area contributed by atoms with Crippen molar-refractivity contribution in [2.75, 3.05) is 25.4 Å². The fourth-order valence-electron chi connectivity index (χ4n) is 1.71. The van der Waals surface area contributed by atoms with Crippen molar-refractivity contribution in [2.45, 2.75) is 26.3 Å². The SMILES string of the molecule is CC(C)N(CC(=O)O)C(=O)CCN1CCSC1=O. The molecule has 18 heavy (non-hydrogen) atoms. The third-order valence-corrected chi connectivity index (χ3v) is 3.58. The Morgan fingerprint density at radius 3 is 2.61 bits per heavy atom. The topological polar surface area (TPSA) is 77.9 Å². The molecule has 0 aliphatic carbocycles. The van der Waals surface area contributed by atoms with Crippen molar-refractivity contribution in [3.05, 3.63) is 0 Å². The standard InChI is InChI=1S/C11H18N2O4S/c1-8(2)13(7-10(15)16)9(14)3-4-12-5-6-18-11(12)17/h8H,3-7H2,1-2H3,(H,15,16). The molecule has 2 amide bonds. The lowest BCUT2D eigenvalue weighted by molar-refractivity contribution is -0.145. The predicted molar refractivity (Wildman–Crippen MR) is 68.5 cm³/mol. The molecule has 0 aromatic carbocycles. The van der Waals surface area contributed by atoms with Crippen LogP contribution in [0.3, 0.4) is 0 Å². The van der Waals surface area contributed by atoms with Crippen molar-refractivity contribution in [3.8, 4) is 0 Å². The molecule has 7 heteroatoms. The molecule has 1 N–H and O–H groups in total. The molecular formula is C11H18N2O4S. The van der Waals surface area contributed by atoms with Crippen LogP contribution in [0.1, 0.15) is 20.3 Å². The fraction of sp³-hybridized carbons (Fsp3) is 0.727. The molecule has 0 radical (unpaired) electrons. The van der Waals surface area contributed by atoms with E-state index in [1.807, 2.05) is 0 Å². The van der Waals surface area contributed by atoms with Crippen LogP contribution in [-0.4, -0.2) is 63.5 Å². The highest BCUT2D eigenvalue weighted by Gasteiger charge is 2.24. The molecule has 0 saturated carbocycles. The van der Waals surface area contributed by atoms with E-state index in [0.29, 0.717) is 13.1 Å². The Hall–Kier alpha value is -1.24. The van der Waals surface area contributed by atoms with Crippen LogP contribution in [0.5, 0.6) is 0 Å². The van der Waals surface area contributed by atoms with Crippen LogP contribution >= 0.6 is 11.8 Å². The maximum atomic E-state index is 11.9. The Morgan fingerprint density at radius 1 is 1.50 bits per heavy atom. The zero-order valence-corrected chi connectivity index (χ0v) is 11.4. The second kappa shape index (κ2) is 6.63. The first kappa shape index (κ1) is 14.8. The number of thioether (sulfide) groups is 1. The molecule has 102 valence electrons. The first-order chi connectivity index (χ1) is 8.41. The van der Waals surface area contributed by atoms with Gasteiger partial charge in [-0.05, 0) is 13.8 Å². The average molecular weight is 274 g/mol. The Balaban J connectivity index is 2.46. The van der Waals surface area contributed by atoms with Gasteiger partial charge in [-0.2, -0.15) is 0 Å². The second-order valence-corrected chi connectivity index (χ2v) is 5.41. The van der Waals surface area contributed by atoms with Gasteiger partial charge < -0.3 is 14.9 Å². The minimum atomic E-state index is -1.02. The summed E-state index contributed by atoms with van der Waals surface area (Å²) >= 11 is 1.25. The van der Waals surface area contributed by atoms with Gasteiger partial charge in [-0.15, -0.1) is 0 Å². The third-order valence-electron chi connectivity index (χ3n) is 2.69. The predicted octanol–water partition coefficient (Wildman–Crippen LogP) is 0.867. The Morgan fingerprint density at radius 2 is 2.17 bits per heavy atom. The monoisotopic (exact) mass is 274 g/mol. The van der Waals surface area contributed by atoms with Crippen LogP contribution in [0.15, 0.2) is 0 Å². The molecule has 1 fully saturated rings. The highest BCUT2D eigenvalue weighted by atomic mass is 32.2. The summed E-state index contributed by atoms with van der Waals surface area (Å²) in [7, 11) is 0. The Bertz CT molecular complexity index is 346. The van der Waals surface area contributed by atoms with Crippen LogP contribution in [0.4, 0.5) is 4.79 Å². The smallest absolute Gasteiger partial charge is 0.323 e. The minimum absolute atomic E-state index is 0.00266. The molecule has 0 aromatic heterocycles. The number of aliphatic carboxylic acids is 1. The van der Waals surface area contributed by atoms with Gasteiger partial charge in [-0.3, -0.25) is 14.4 Å². The number of carboxylic acids is 1. The van der Waals surface area contributed by atoms with Crippen LogP contribution in [0.25, 0.3) is 0 Å². The van der Waals surface area contributed by atoms with Gasteiger partial charge in [0.2, 0.25) is 5.91 Å². The number of amides is 2. The Labute approximate surface area is 110 Å². The number of carboxylic acid groups (broad SMARTS) is 1. The molecule has 6 nitrogen and oxygen atoms in total. The van der Waals surface area contributed by atoms with Crippen molar-refractivity contribution < 1.29 is 19.5 Å². The molecule has 1 rings (SSSR count). The van der Waals surface area contributed by atoms with E-state index < -0.39 is 5.97 Å². The number of hydrogen-bond acceptors (Lipinski definition) is 4. The van der Waals surface area contributed by atoms with E-state index in [4.69, 9.17) is 5.11 Å². The van der Waals surface area contributed by atoms with Crippen molar-refractivity contribution in [1.29, 1.82) is 0 Å². The average Bonchev–Trinajstić information content (AvgIpc) is 2.68. The zero-order valence-electron chi connectivity index (χ0n) is 10.6. The van der Waals surface area contributed by atoms with E-state index >= 15 is 0 Å². The van der Waals surface area contributed by atoms with Gasteiger partial charge in [0.25, 0.3) is 5.24 Å². The largest absolute Gasteiger partial charge is 0.480 e. The van der Waals surface area contributed by atoms with Gasteiger partial charge in [0, 0.05) is 31.3 Å². The van der Waals surface area contributed by atoms with Crippen LogP contribution in [0, 0.1) is 0 Å². The molecule has 1 saturated heterocycles. The third kappa shape index (κ3) is 4.21. The second-order valence-electron chi connectivity index (χ2n) is 4.36. The van der Waals surface area contributed by atoms with Gasteiger partial charge in [-0.25, -0.2) is 0 Å². The lowest BCUT2D eigenvalue weighted by atomic mass is 10.2. The van der Waals surface area contributed by atoms with Crippen molar-refractivity contribution in [2.24, 2.45) is 0 Å². The molecular weight excluding hydrogens is 256 g/mol. The van der Waals surface area contributed by atoms with E-state index in [9.17, 15) is 14.4 Å². The van der Waals surface area contributed by atoms with E-state index in [2.05, 4.69) is 0 Å². The van der Waals surface area contributed by atoms with Gasteiger partial charge in [-0.1, -0.05) is 11.8 Å². The van der Waals surface area contributed by atoms with Gasteiger partial charge in [0.1, 0.15) is 6.54 Å². The summed E-state index contributed by atoms with van der Waals surface area (Å²) in [6.07, 6.45) is 0.178. The molecule has 0 bridgehead atoms. The summed E-state index contributed by atoms with van der Waals surface area (Å²) in [4.78, 5) is 36.9.